The fraction of sp³-hybridized carbons (Fsp3) is 0.167. The van der Waals surface area contributed by atoms with Gasteiger partial charge >= 0.3 is 5.97 Å². The van der Waals surface area contributed by atoms with Crippen molar-refractivity contribution in [3.05, 3.63) is 50.4 Å². The summed E-state index contributed by atoms with van der Waals surface area (Å²) < 4.78 is 4.81. The lowest BCUT2D eigenvalue weighted by Crippen LogP contribution is -2.15. The highest BCUT2D eigenvalue weighted by Gasteiger charge is 2.28. The van der Waals surface area contributed by atoms with E-state index in [1.807, 2.05) is 0 Å². The van der Waals surface area contributed by atoms with Crippen LogP contribution in [0.1, 0.15) is 16.5 Å². The SMILES string of the molecule is COC(=O)C(c1nccs1)c1ccc(Cl)cc1Cl. The van der Waals surface area contributed by atoms with E-state index in [1.165, 1.54) is 18.4 Å². The molecule has 0 amide bonds. The van der Waals surface area contributed by atoms with Crippen molar-refractivity contribution in [1.29, 1.82) is 0 Å². The smallest absolute Gasteiger partial charge is 0.320 e. The zero-order chi connectivity index (χ0) is 13.1. The second-order valence-corrected chi connectivity index (χ2v) is 5.26. The summed E-state index contributed by atoms with van der Waals surface area (Å²) in [5, 5.41) is 3.39. The Morgan fingerprint density at radius 3 is 2.78 bits per heavy atom. The molecule has 3 nitrogen and oxygen atoms in total. The van der Waals surface area contributed by atoms with Crippen LogP contribution in [0.25, 0.3) is 0 Å². The van der Waals surface area contributed by atoms with Crippen molar-refractivity contribution < 1.29 is 9.53 Å². The Morgan fingerprint density at radius 1 is 1.44 bits per heavy atom. The van der Waals surface area contributed by atoms with E-state index in [9.17, 15) is 4.79 Å². The molecule has 0 aliphatic rings. The molecular weight excluding hydrogens is 293 g/mol. The Morgan fingerprint density at radius 2 is 2.22 bits per heavy atom. The fourth-order valence-corrected chi connectivity index (χ4v) is 2.85. The first-order chi connectivity index (χ1) is 8.63. The van der Waals surface area contributed by atoms with E-state index in [-0.39, 0.29) is 0 Å². The minimum atomic E-state index is -0.611. The fourth-order valence-electron chi connectivity index (χ4n) is 1.59. The highest BCUT2D eigenvalue weighted by Crippen LogP contribution is 2.33. The molecule has 0 N–H and O–H groups in total. The first-order valence-corrected chi connectivity index (χ1v) is 6.69. The average molecular weight is 302 g/mol. The molecule has 1 unspecified atom stereocenters. The van der Waals surface area contributed by atoms with Crippen LogP contribution >= 0.6 is 34.5 Å². The van der Waals surface area contributed by atoms with Gasteiger partial charge in [0, 0.05) is 21.6 Å². The van der Waals surface area contributed by atoms with Crippen molar-refractivity contribution in [3.8, 4) is 0 Å². The van der Waals surface area contributed by atoms with Gasteiger partial charge in [-0.05, 0) is 17.7 Å². The average Bonchev–Trinajstić information content (AvgIpc) is 2.85. The Bertz CT molecular complexity index is 557. The van der Waals surface area contributed by atoms with Crippen LogP contribution in [0, 0.1) is 0 Å². The van der Waals surface area contributed by atoms with Crippen molar-refractivity contribution in [2.24, 2.45) is 0 Å². The molecule has 1 heterocycles. The Kier molecular flexibility index (Phi) is 4.22. The first-order valence-electron chi connectivity index (χ1n) is 5.05. The summed E-state index contributed by atoms with van der Waals surface area (Å²) >= 11 is 13.4. The van der Waals surface area contributed by atoms with Gasteiger partial charge in [0.25, 0.3) is 0 Å². The molecule has 0 saturated carbocycles. The van der Waals surface area contributed by atoms with Crippen LogP contribution in [-0.4, -0.2) is 18.1 Å². The summed E-state index contributed by atoms with van der Waals surface area (Å²) in [7, 11) is 1.34. The number of thiazole rings is 1. The van der Waals surface area contributed by atoms with Crippen molar-refractivity contribution in [2.45, 2.75) is 5.92 Å². The van der Waals surface area contributed by atoms with Crippen LogP contribution in [0.15, 0.2) is 29.8 Å². The van der Waals surface area contributed by atoms with Crippen LogP contribution < -0.4 is 0 Å². The minimum absolute atomic E-state index is 0.394. The summed E-state index contributed by atoms with van der Waals surface area (Å²) in [5.41, 5.74) is 0.642. The van der Waals surface area contributed by atoms with E-state index >= 15 is 0 Å². The molecule has 1 aromatic heterocycles. The van der Waals surface area contributed by atoms with Gasteiger partial charge < -0.3 is 4.74 Å². The van der Waals surface area contributed by atoms with E-state index in [1.54, 1.807) is 29.8 Å². The van der Waals surface area contributed by atoms with Gasteiger partial charge in [0.15, 0.2) is 0 Å². The van der Waals surface area contributed by atoms with Crippen molar-refractivity contribution in [3.63, 3.8) is 0 Å². The number of esters is 1. The second-order valence-electron chi connectivity index (χ2n) is 3.49. The summed E-state index contributed by atoms with van der Waals surface area (Å²) in [4.78, 5) is 16.1. The molecule has 2 rings (SSSR count). The van der Waals surface area contributed by atoms with E-state index in [0.717, 1.165) is 0 Å². The lowest BCUT2D eigenvalue weighted by Gasteiger charge is -2.14. The zero-order valence-electron chi connectivity index (χ0n) is 9.39. The molecular formula is C12H9Cl2NO2S. The number of carbonyl (C=O) groups excluding carboxylic acids is 1. The summed E-state index contributed by atoms with van der Waals surface area (Å²) in [6, 6.07) is 5.00. The van der Waals surface area contributed by atoms with E-state index in [4.69, 9.17) is 27.9 Å². The number of hydrogen-bond acceptors (Lipinski definition) is 4. The molecule has 6 heteroatoms. The van der Waals surface area contributed by atoms with Crippen LogP contribution in [0.3, 0.4) is 0 Å². The first kappa shape index (κ1) is 13.3. The maximum absolute atomic E-state index is 11.9. The predicted molar refractivity (Wildman–Crippen MR) is 72.4 cm³/mol. The largest absolute Gasteiger partial charge is 0.468 e. The number of ether oxygens (including phenoxy) is 1. The number of methoxy groups -OCH3 is 1. The van der Waals surface area contributed by atoms with Crippen LogP contribution in [-0.2, 0) is 9.53 Å². The number of carbonyl (C=O) groups is 1. The predicted octanol–water partition coefficient (Wildman–Crippen LogP) is 3.75. The summed E-state index contributed by atoms with van der Waals surface area (Å²) in [6.07, 6.45) is 1.64. The summed E-state index contributed by atoms with van der Waals surface area (Å²) in [6.45, 7) is 0. The number of benzene rings is 1. The van der Waals surface area contributed by atoms with E-state index in [0.29, 0.717) is 20.6 Å². The second kappa shape index (κ2) is 5.69. The zero-order valence-corrected chi connectivity index (χ0v) is 11.7. The molecule has 94 valence electrons. The number of nitrogens with zero attached hydrogens (tertiary/aromatic N) is 1. The Balaban J connectivity index is 2.50. The molecule has 18 heavy (non-hydrogen) atoms. The Labute approximate surface area is 118 Å². The molecule has 0 saturated heterocycles. The molecule has 0 radical (unpaired) electrons. The number of halogens is 2. The van der Waals surface area contributed by atoms with Gasteiger partial charge in [-0.3, -0.25) is 4.79 Å². The Hall–Kier alpha value is -1.10. The highest BCUT2D eigenvalue weighted by molar-refractivity contribution is 7.09. The molecule has 1 aromatic carbocycles. The number of hydrogen-bond donors (Lipinski definition) is 0. The highest BCUT2D eigenvalue weighted by atomic mass is 35.5. The van der Waals surface area contributed by atoms with E-state index < -0.39 is 11.9 Å². The van der Waals surface area contributed by atoms with Gasteiger partial charge in [-0.25, -0.2) is 4.98 Å². The maximum atomic E-state index is 11.9. The van der Waals surface area contributed by atoms with Crippen molar-refractivity contribution >= 4 is 40.5 Å². The third-order valence-corrected chi connectivity index (χ3v) is 3.81. The number of rotatable bonds is 3. The van der Waals surface area contributed by atoms with Gasteiger partial charge in [-0.1, -0.05) is 29.3 Å². The normalized spacial score (nSPS) is 12.2. The lowest BCUT2D eigenvalue weighted by molar-refractivity contribution is -0.141. The van der Waals surface area contributed by atoms with Gasteiger partial charge in [-0.2, -0.15) is 0 Å². The molecule has 0 aliphatic carbocycles. The maximum Gasteiger partial charge on any atom is 0.320 e. The molecule has 0 spiro atoms. The van der Waals surface area contributed by atoms with Gasteiger partial charge in [0.2, 0.25) is 0 Å². The lowest BCUT2D eigenvalue weighted by atomic mass is 10.00. The van der Waals surface area contributed by atoms with E-state index in [2.05, 4.69) is 4.98 Å². The van der Waals surface area contributed by atoms with Crippen molar-refractivity contribution in [2.75, 3.05) is 7.11 Å². The molecule has 2 aromatic rings. The molecule has 0 aliphatic heterocycles. The monoisotopic (exact) mass is 301 g/mol. The van der Waals surface area contributed by atoms with Crippen LogP contribution in [0.4, 0.5) is 0 Å². The van der Waals surface area contributed by atoms with Crippen LogP contribution in [0.2, 0.25) is 10.0 Å². The van der Waals surface area contributed by atoms with Gasteiger partial charge in [0.05, 0.1) is 7.11 Å². The van der Waals surface area contributed by atoms with Gasteiger partial charge in [0.1, 0.15) is 10.9 Å². The number of aromatic nitrogens is 1. The summed E-state index contributed by atoms with van der Waals surface area (Å²) in [5.74, 6) is -1.01. The van der Waals surface area contributed by atoms with Gasteiger partial charge in [-0.15, -0.1) is 11.3 Å². The molecule has 0 bridgehead atoms. The third kappa shape index (κ3) is 2.66. The third-order valence-electron chi connectivity index (χ3n) is 2.41. The standard InChI is InChI=1S/C12H9Cl2NO2S/c1-17-12(16)10(11-15-4-5-18-11)8-3-2-7(13)6-9(8)14/h2-6,10H,1H3. The molecule has 0 fully saturated rings. The van der Waals surface area contributed by atoms with Crippen LogP contribution in [0.5, 0.6) is 0 Å². The minimum Gasteiger partial charge on any atom is -0.468 e. The quantitative estimate of drug-likeness (QED) is 0.810. The molecule has 1 atom stereocenters. The van der Waals surface area contributed by atoms with Crippen molar-refractivity contribution in [1.82, 2.24) is 4.98 Å². The topological polar surface area (TPSA) is 39.2 Å².